The smallest absolute Gasteiger partial charge is 0.350 e. The van der Waals surface area contributed by atoms with E-state index >= 15 is 0 Å². The van der Waals surface area contributed by atoms with Crippen LogP contribution < -0.4 is 5.32 Å². The molecule has 0 aliphatic carbocycles. The van der Waals surface area contributed by atoms with Crippen LogP contribution in [0.15, 0.2) is 18.2 Å². The summed E-state index contributed by atoms with van der Waals surface area (Å²) in [5, 5.41) is 3.37. The van der Waals surface area contributed by atoms with Crippen molar-refractivity contribution in [2.75, 3.05) is 20.1 Å². The largest absolute Gasteiger partial charge is 0.406 e. The van der Waals surface area contributed by atoms with E-state index in [1.807, 2.05) is 0 Å². The Balaban J connectivity index is 1.98. The summed E-state index contributed by atoms with van der Waals surface area (Å²) in [6, 6.07) is 2.92. The van der Waals surface area contributed by atoms with E-state index in [4.69, 9.17) is 23.2 Å². The highest BCUT2D eigenvalue weighted by molar-refractivity contribution is 6.35. The fraction of sp³-hybridized carbons (Fsp3) is 0.429. The van der Waals surface area contributed by atoms with Gasteiger partial charge in [-0.25, -0.2) is 4.79 Å². The molecule has 1 unspecified atom stereocenters. The van der Waals surface area contributed by atoms with Crippen molar-refractivity contribution >= 4 is 35.1 Å². The Morgan fingerprint density at radius 1 is 1.38 bits per heavy atom. The predicted octanol–water partition coefficient (Wildman–Crippen LogP) is 2.91. The highest BCUT2D eigenvalue weighted by atomic mass is 35.5. The number of carbonyl (C=O) groups excluding carboxylic acids is 2. The van der Waals surface area contributed by atoms with Gasteiger partial charge in [-0.15, -0.1) is 0 Å². The molecule has 132 valence electrons. The third-order valence-corrected chi connectivity index (χ3v) is 4.16. The number of carbonyl (C=O) groups is 2. The van der Waals surface area contributed by atoms with Crippen molar-refractivity contribution in [2.45, 2.75) is 18.8 Å². The standard InChI is InChI=1S/C14H14Cl2F3N3O2/c1-21-11(6-22(13(21)24)7-14(17,18)19)12(23)20-5-8-2-3-9(15)4-10(8)16/h2-4,11H,5-7H2,1H3,(H,20,23). The molecule has 1 saturated heterocycles. The number of hydrogen-bond acceptors (Lipinski definition) is 2. The number of amides is 3. The lowest BCUT2D eigenvalue weighted by molar-refractivity contribution is -0.139. The molecule has 1 aliphatic rings. The molecular formula is C14H14Cl2F3N3O2. The molecular weight excluding hydrogens is 370 g/mol. The second-order valence-electron chi connectivity index (χ2n) is 5.36. The predicted molar refractivity (Wildman–Crippen MR) is 82.9 cm³/mol. The van der Waals surface area contributed by atoms with Crippen molar-refractivity contribution in [3.8, 4) is 0 Å². The number of rotatable bonds is 4. The normalized spacial score (nSPS) is 18.2. The van der Waals surface area contributed by atoms with E-state index in [0.717, 1.165) is 4.90 Å². The van der Waals surface area contributed by atoms with E-state index in [1.165, 1.54) is 13.1 Å². The number of nitrogens with zero attached hydrogens (tertiary/aromatic N) is 2. The molecule has 0 saturated carbocycles. The maximum atomic E-state index is 12.4. The van der Waals surface area contributed by atoms with Crippen LogP contribution in [0, 0.1) is 0 Å². The fourth-order valence-corrected chi connectivity index (χ4v) is 2.81. The van der Waals surface area contributed by atoms with E-state index in [0.29, 0.717) is 20.5 Å². The Hall–Kier alpha value is -1.67. The van der Waals surface area contributed by atoms with Gasteiger partial charge in [0, 0.05) is 23.6 Å². The van der Waals surface area contributed by atoms with Gasteiger partial charge in [0.1, 0.15) is 12.6 Å². The van der Waals surface area contributed by atoms with Crippen molar-refractivity contribution in [1.82, 2.24) is 15.1 Å². The summed E-state index contributed by atoms with van der Waals surface area (Å²) in [7, 11) is 1.29. The van der Waals surface area contributed by atoms with Gasteiger partial charge in [0.2, 0.25) is 5.91 Å². The highest BCUT2D eigenvalue weighted by Gasteiger charge is 2.43. The second-order valence-corrected chi connectivity index (χ2v) is 6.20. The molecule has 1 aromatic carbocycles. The Bertz CT molecular complexity index is 655. The number of urea groups is 1. The Morgan fingerprint density at radius 2 is 2.04 bits per heavy atom. The minimum Gasteiger partial charge on any atom is -0.350 e. The molecule has 1 aromatic rings. The van der Waals surface area contributed by atoms with Gasteiger partial charge in [-0.3, -0.25) is 4.79 Å². The minimum atomic E-state index is -4.52. The summed E-state index contributed by atoms with van der Waals surface area (Å²) in [5.41, 5.74) is 0.605. The van der Waals surface area contributed by atoms with Crippen LogP contribution in [0.4, 0.5) is 18.0 Å². The van der Waals surface area contributed by atoms with E-state index < -0.39 is 30.7 Å². The first-order valence-electron chi connectivity index (χ1n) is 6.88. The SMILES string of the molecule is CN1C(=O)N(CC(F)(F)F)CC1C(=O)NCc1ccc(Cl)cc1Cl. The number of likely N-dealkylation sites (N-methyl/N-ethyl adjacent to an activating group) is 1. The van der Waals surface area contributed by atoms with Crippen molar-refractivity contribution in [1.29, 1.82) is 0 Å². The molecule has 1 fully saturated rings. The third kappa shape index (κ3) is 4.45. The average molecular weight is 384 g/mol. The van der Waals surface area contributed by atoms with Gasteiger partial charge in [-0.05, 0) is 17.7 Å². The van der Waals surface area contributed by atoms with Crippen LogP contribution in [-0.2, 0) is 11.3 Å². The van der Waals surface area contributed by atoms with Gasteiger partial charge in [-0.1, -0.05) is 29.3 Å². The van der Waals surface area contributed by atoms with Gasteiger partial charge < -0.3 is 15.1 Å². The van der Waals surface area contributed by atoms with Crippen LogP contribution in [-0.4, -0.2) is 54.1 Å². The highest BCUT2D eigenvalue weighted by Crippen LogP contribution is 2.23. The molecule has 1 N–H and O–H groups in total. The lowest BCUT2D eigenvalue weighted by Crippen LogP contribution is -2.43. The zero-order chi connectivity index (χ0) is 18.1. The van der Waals surface area contributed by atoms with Crippen LogP contribution in [0.3, 0.4) is 0 Å². The van der Waals surface area contributed by atoms with Crippen molar-refractivity contribution in [3.05, 3.63) is 33.8 Å². The first-order valence-corrected chi connectivity index (χ1v) is 7.64. The molecule has 5 nitrogen and oxygen atoms in total. The zero-order valence-electron chi connectivity index (χ0n) is 12.5. The number of alkyl halides is 3. The molecule has 10 heteroatoms. The molecule has 0 spiro atoms. The minimum absolute atomic E-state index is 0.0760. The van der Waals surface area contributed by atoms with Crippen LogP contribution >= 0.6 is 23.2 Å². The zero-order valence-corrected chi connectivity index (χ0v) is 14.0. The van der Waals surface area contributed by atoms with Gasteiger partial charge in [-0.2, -0.15) is 13.2 Å². The topological polar surface area (TPSA) is 52.7 Å². The Labute approximate surface area is 146 Å². The fourth-order valence-electron chi connectivity index (χ4n) is 2.34. The van der Waals surface area contributed by atoms with Gasteiger partial charge in [0.05, 0.1) is 6.54 Å². The van der Waals surface area contributed by atoms with E-state index in [-0.39, 0.29) is 13.1 Å². The first-order chi connectivity index (χ1) is 11.1. The molecule has 2 rings (SSSR count). The van der Waals surface area contributed by atoms with Crippen LogP contribution in [0.5, 0.6) is 0 Å². The number of nitrogens with one attached hydrogen (secondary N) is 1. The van der Waals surface area contributed by atoms with Crippen LogP contribution in [0.2, 0.25) is 10.0 Å². The van der Waals surface area contributed by atoms with Crippen LogP contribution in [0.1, 0.15) is 5.56 Å². The lowest BCUT2D eigenvalue weighted by atomic mass is 10.2. The van der Waals surface area contributed by atoms with Crippen molar-refractivity contribution in [2.24, 2.45) is 0 Å². The number of hydrogen-bond donors (Lipinski definition) is 1. The molecule has 0 aromatic heterocycles. The molecule has 1 atom stereocenters. The van der Waals surface area contributed by atoms with Gasteiger partial charge in [0.15, 0.2) is 0 Å². The quantitative estimate of drug-likeness (QED) is 0.868. The molecule has 24 heavy (non-hydrogen) atoms. The molecule has 3 amide bonds. The summed E-state index contributed by atoms with van der Waals surface area (Å²) in [6.45, 7) is -1.63. The summed E-state index contributed by atoms with van der Waals surface area (Å²) in [6.07, 6.45) is -4.52. The third-order valence-electron chi connectivity index (χ3n) is 3.57. The monoisotopic (exact) mass is 383 g/mol. The molecule has 1 aliphatic heterocycles. The summed E-state index contributed by atoms with van der Waals surface area (Å²) < 4.78 is 37.3. The molecule has 1 heterocycles. The molecule has 0 bridgehead atoms. The average Bonchev–Trinajstić information content (AvgIpc) is 2.73. The Kier molecular flexibility index (Phi) is 5.49. The van der Waals surface area contributed by atoms with E-state index in [9.17, 15) is 22.8 Å². The van der Waals surface area contributed by atoms with Gasteiger partial charge >= 0.3 is 12.2 Å². The number of benzene rings is 1. The van der Waals surface area contributed by atoms with E-state index in [2.05, 4.69) is 5.32 Å². The molecule has 0 radical (unpaired) electrons. The summed E-state index contributed by atoms with van der Waals surface area (Å²) in [5.74, 6) is -0.554. The Morgan fingerprint density at radius 3 is 2.62 bits per heavy atom. The summed E-state index contributed by atoms with van der Waals surface area (Å²) in [4.78, 5) is 25.6. The lowest BCUT2D eigenvalue weighted by Gasteiger charge is -2.17. The van der Waals surface area contributed by atoms with E-state index in [1.54, 1.807) is 12.1 Å². The summed E-state index contributed by atoms with van der Waals surface area (Å²) >= 11 is 11.8. The first kappa shape index (κ1) is 18.7. The maximum absolute atomic E-state index is 12.4. The van der Waals surface area contributed by atoms with Crippen LogP contribution in [0.25, 0.3) is 0 Å². The van der Waals surface area contributed by atoms with Crippen molar-refractivity contribution in [3.63, 3.8) is 0 Å². The maximum Gasteiger partial charge on any atom is 0.406 e. The van der Waals surface area contributed by atoms with Gasteiger partial charge in [0.25, 0.3) is 0 Å². The second kappa shape index (κ2) is 7.06. The van der Waals surface area contributed by atoms with Crippen molar-refractivity contribution < 1.29 is 22.8 Å². The number of halogens is 5.